The summed E-state index contributed by atoms with van der Waals surface area (Å²) in [4.78, 5) is 29.1. The van der Waals surface area contributed by atoms with E-state index in [-0.39, 0.29) is 23.3 Å². The van der Waals surface area contributed by atoms with E-state index in [1.807, 2.05) is 46.8 Å². The van der Waals surface area contributed by atoms with Crippen LogP contribution in [0.1, 0.15) is 49.4 Å². The molecule has 0 saturated carbocycles. The number of carbonyl (C=O) groups is 2. The number of hydrogen-bond acceptors (Lipinski definition) is 4. The number of nitrogens with one attached hydrogen (secondary N) is 1. The zero-order valence-corrected chi connectivity index (χ0v) is 27.3. The molecule has 0 saturated heterocycles. The number of amides is 2. The minimum Gasteiger partial charge on any atom is -0.354 e. The first-order valence-corrected chi connectivity index (χ1v) is 16.1. The number of carbonyl (C=O) groups excluding carboxylic acids is 2. The zero-order valence-electron chi connectivity index (χ0n) is 24.9. The van der Waals surface area contributed by atoms with Crippen LogP contribution in [0.25, 0.3) is 0 Å². The van der Waals surface area contributed by atoms with Crippen molar-refractivity contribution in [3.05, 3.63) is 93.0 Å². The first-order valence-electron chi connectivity index (χ1n) is 13.9. The van der Waals surface area contributed by atoms with Gasteiger partial charge in [-0.3, -0.25) is 13.9 Å². The normalized spacial score (nSPS) is 12.2. The van der Waals surface area contributed by atoms with Gasteiger partial charge in [0.1, 0.15) is 12.6 Å². The molecule has 2 amide bonds. The highest BCUT2D eigenvalue weighted by molar-refractivity contribution is 7.92. The second-order valence-corrected chi connectivity index (χ2v) is 13.6. The van der Waals surface area contributed by atoms with Crippen LogP contribution in [0, 0.1) is 26.7 Å². The van der Waals surface area contributed by atoms with Crippen molar-refractivity contribution in [3.63, 3.8) is 0 Å². The smallest absolute Gasteiger partial charge is 0.264 e. The molecule has 42 heavy (non-hydrogen) atoms. The maximum absolute atomic E-state index is 14.2. The number of nitrogens with zero attached hydrogens (tertiary/aromatic N) is 2. The molecule has 3 rings (SSSR count). The van der Waals surface area contributed by atoms with Gasteiger partial charge in [-0.1, -0.05) is 79.9 Å². The Morgan fingerprint density at radius 2 is 1.52 bits per heavy atom. The van der Waals surface area contributed by atoms with E-state index in [1.54, 1.807) is 43.3 Å². The van der Waals surface area contributed by atoms with Gasteiger partial charge in [-0.2, -0.15) is 0 Å². The van der Waals surface area contributed by atoms with Gasteiger partial charge in [-0.25, -0.2) is 8.42 Å². The lowest BCUT2D eigenvalue weighted by Gasteiger charge is -2.34. The molecule has 3 aromatic rings. The molecule has 226 valence electrons. The summed E-state index contributed by atoms with van der Waals surface area (Å²) in [5, 5.41) is 3.61. The molecule has 1 N–H and O–H groups in total. The lowest BCUT2D eigenvalue weighted by molar-refractivity contribution is -0.140. The lowest BCUT2D eigenvalue weighted by atomic mass is 10.1. The molecular formula is C32H39Cl2N3O4S. The van der Waals surface area contributed by atoms with Crippen molar-refractivity contribution in [2.24, 2.45) is 5.92 Å². The van der Waals surface area contributed by atoms with E-state index in [4.69, 9.17) is 23.2 Å². The molecule has 7 nitrogen and oxygen atoms in total. The SMILES string of the molecule is CC[C@@H](C(=O)NCC(C)C)N(Cc1ccc(Cl)c(Cl)c1)C(=O)CN(c1cc(C)ccc1C)S(=O)(=O)c1ccc(C)cc1. The number of aryl methyl sites for hydroxylation is 3. The first kappa shape index (κ1) is 33.4. The van der Waals surface area contributed by atoms with Crippen LogP contribution in [0.3, 0.4) is 0 Å². The molecule has 0 bridgehead atoms. The Bertz CT molecular complexity index is 1530. The monoisotopic (exact) mass is 631 g/mol. The van der Waals surface area contributed by atoms with Crippen molar-refractivity contribution in [1.29, 1.82) is 0 Å². The van der Waals surface area contributed by atoms with Crippen molar-refractivity contribution >= 4 is 50.7 Å². The highest BCUT2D eigenvalue weighted by Crippen LogP contribution is 2.29. The van der Waals surface area contributed by atoms with Gasteiger partial charge in [0.05, 0.1) is 20.6 Å². The predicted octanol–water partition coefficient (Wildman–Crippen LogP) is 6.69. The molecule has 0 aromatic heterocycles. The van der Waals surface area contributed by atoms with Gasteiger partial charge < -0.3 is 10.2 Å². The Balaban J connectivity index is 2.10. The molecule has 3 aromatic carbocycles. The molecule has 0 aliphatic heterocycles. The quantitative estimate of drug-likeness (QED) is 0.241. The summed E-state index contributed by atoms with van der Waals surface area (Å²) in [5.74, 6) is -0.617. The summed E-state index contributed by atoms with van der Waals surface area (Å²) in [6.45, 7) is 11.3. The number of rotatable bonds is 12. The molecule has 0 aliphatic carbocycles. The Morgan fingerprint density at radius 3 is 2.12 bits per heavy atom. The average Bonchev–Trinajstić information content (AvgIpc) is 2.93. The van der Waals surface area contributed by atoms with E-state index in [9.17, 15) is 18.0 Å². The summed E-state index contributed by atoms with van der Waals surface area (Å²) in [5.41, 5.74) is 3.51. The fraction of sp³-hybridized carbons (Fsp3) is 0.375. The van der Waals surface area contributed by atoms with E-state index in [0.29, 0.717) is 39.8 Å². The Kier molecular flexibility index (Phi) is 11.5. The zero-order chi connectivity index (χ0) is 31.2. The number of halogens is 2. The number of benzene rings is 3. The molecule has 1 atom stereocenters. The molecule has 0 spiro atoms. The van der Waals surface area contributed by atoms with Crippen molar-refractivity contribution in [3.8, 4) is 0 Å². The maximum Gasteiger partial charge on any atom is 0.264 e. The van der Waals surface area contributed by atoms with E-state index >= 15 is 0 Å². The summed E-state index contributed by atoms with van der Waals surface area (Å²) in [6, 6.07) is 16.2. The van der Waals surface area contributed by atoms with E-state index in [0.717, 1.165) is 15.4 Å². The number of anilines is 1. The fourth-order valence-corrected chi connectivity index (χ4v) is 6.31. The second kappa shape index (κ2) is 14.4. The third-order valence-electron chi connectivity index (χ3n) is 6.93. The van der Waals surface area contributed by atoms with Gasteiger partial charge in [-0.05, 0) is 80.1 Å². The van der Waals surface area contributed by atoms with Gasteiger partial charge in [0.2, 0.25) is 11.8 Å². The van der Waals surface area contributed by atoms with Crippen molar-refractivity contribution < 1.29 is 18.0 Å². The van der Waals surface area contributed by atoms with E-state index in [1.165, 1.54) is 17.0 Å². The van der Waals surface area contributed by atoms with Crippen molar-refractivity contribution in [2.45, 2.75) is 65.4 Å². The van der Waals surface area contributed by atoms with Crippen molar-refractivity contribution in [1.82, 2.24) is 10.2 Å². The molecular weight excluding hydrogens is 593 g/mol. The highest BCUT2D eigenvalue weighted by atomic mass is 35.5. The average molecular weight is 633 g/mol. The maximum atomic E-state index is 14.2. The summed E-state index contributed by atoms with van der Waals surface area (Å²) < 4.78 is 29.3. The van der Waals surface area contributed by atoms with Gasteiger partial charge >= 0.3 is 0 Å². The lowest BCUT2D eigenvalue weighted by Crippen LogP contribution is -2.52. The third kappa shape index (κ3) is 8.27. The van der Waals surface area contributed by atoms with Crippen LogP contribution in [0.15, 0.2) is 65.6 Å². The Hall–Kier alpha value is -3.07. The van der Waals surface area contributed by atoms with Gasteiger partial charge in [0.25, 0.3) is 10.0 Å². The van der Waals surface area contributed by atoms with Crippen LogP contribution in [0.4, 0.5) is 5.69 Å². The van der Waals surface area contributed by atoms with Crippen LogP contribution >= 0.6 is 23.2 Å². The Labute approximate surface area is 259 Å². The van der Waals surface area contributed by atoms with Gasteiger partial charge in [-0.15, -0.1) is 0 Å². The first-order chi connectivity index (χ1) is 19.7. The fourth-order valence-electron chi connectivity index (χ4n) is 4.52. The van der Waals surface area contributed by atoms with Crippen LogP contribution < -0.4 is 9.62 Å². The summed E-state index contributed by atoms with van der Waals surface area (Å²) in [7, 11) is -4.15. The molecule has 0 heterocycles. The van der Waals surface area contributed by atoms with Crippen LogP contribution in [0.2, 0.25) is 10.0 Å². The van der Waals surface area contributed by atoms with Crippen LogP contribution in [0.5, 0.6) is 0 Å². The second-order valence-electron chi connectivity index (χ2n) is 10.9. The highest BCUT2D eigenvalue weighted by Gasteiger charge is 2.34. The molecule has 0 unspecified atom stereocenters. The van der Waals surface area contributed by atoms with Crippen LogP contribution in [-0.4, -0.2) is 44.3 Å². The topological polar surface area (TPSA) is 86.8 Å². The van der Waals surface area contributed by atoms with E-state index in [2.05, 4.69) is 5.32 Å². The third-order valence-corrected chi connectivity index (χ3v) is 9.44. The number of sulfonamides is 1. The minimum absolute atomic E-state index is 0.0363. The molecule has 0 fully saturated rings. The Morgan fingerprint density at radius 1 is 0.881 bits per heavy atom. The summed E-state index contributed by atoms with van der Waals surface area (Å²) in [6.07, 6.45) is 0.325. The largest absolute Gasteiger partial charge is 0.354 e. The minimum atomic E-state index is -4.15. The van der Waals surface area contributed by atoms with E-state index < -0.39 is 28.5 Å². The molecule has 10 heteroatoms. The van der Waals surface area contributed by atoms with Crippen molar-refractivity contribution in [2.75, 3.05) is 17.4 Å². The standard InChI is InChI=1S/C32H39Cl2N3O4S/c1-7-29(32(39)35-18-21(2)3)36(19-25-12-15-27(33)28(34)17-25)31(38)20-37(30-16-23(5)8-11-24(30)6)42(40,41)26-13-9-22(4)10-14-26/h8-17,21,29H,7,18-20H2,1-6H3,(H,35,39)/t29-/m0/s1. The van der Waals surface area contributed by atoms with Gasteiger partial charge in [0, 0.05) is 13.1 Å². The molecule has 0 radical (unpaired) electrons. The van der Waals surface area contributed by atoms with Crippen LogP contribution in [-0.2, 0) is 26.2 Å². The predicted molar refractivity (Wildman–Crippen MR) is 171 cm³/mol. The summed E-state index contributed by atoms with van der Waals surface area (Å²) >= 11 is 12.4. The van der Waals surface area contributed by atoms with Gasteiger partial charge in [0.15, 0.2) is 0 Å². The number of hydrogen-bond donors (Lipinski definition) is 1. The molecule has 0 aliphatic rings.